The molecule has 4 rings (SSSR count). The number of piperazine rings is 1. The maximum absolute atomic E-state index is 13.4. The van der Waals surface area contributed by atoms with Gasteiger partial charge in [0.15, 0.2) is 0 Å². The molecule has 1 aromatic carbocycles. The summed E-state index contributed by atoms with van der Waals surface area (Å²) < 4.78 is 5.52. The van der Waals surface area contributed by atoms with Gasteiger partial charge in [0.2, 0.25) is 0 Å². The van der Waals surface area contributed by atoms with Gasteiger partial charge in [-0.15, -0.1) is 0 Å². The maximum Gasteiger partial charge on any atom is 0.278 e. The molecular formula is C23H26N4O3. The van der Waals surface area contributed by atoms with Gasteiger partial charge >= 0.3 is 0 Å². The third-order valence-corrected chi connectivity index (χ3v) is 5.46. The van der Waals surface area contributed by atoms with E-state index in [1.807, 2.05) is 54.3 Å². The van der Waals surface area contributed by atoms with Gasteiger partial charge in [0.25, 0.3) is 11.8 Å². The first-order valence-electron chi connectivity index (χ1n) is 10.3. The molecule has 0 radical (unpaired) electrons. The van der Waals surface area contributed by atoms with Crippen molar-refractivity contribution in [2.75, 3.05) is 39.8 Å². The Bertz CT molecular complexity index is 948. The zero-order valence-electron chi connectivity index (χ0n) is 17.4. The molecule has 2 aromatic rings. The van der Waals surface area contributed by atoms with Crippen molar-refractivity contribution < 1.29 is 14.3 Å². The van der Waals surface area contributed by atoms with Gasteiger partial charge in [-0.25, -0.2) is 0 Å². The highest BCUT2D eigenvalue weighted by Crippen LogP contribution is 2.33. The molecule has 2 aliphatic rings. The normalized spacial score (nSPS) is 17.8. The molecule has 1 saturated heterocycles. The SMILES string of the molecule is CCOc1ccc(C2=C(N3CCN(C)CC3)C(=O)N(Cc3ccccn3)C2=O)cc1. The summed E-state index contributed by atoms with van der Waals surface area (Å²) in [5.41, 5.74) is 2.37. The number of amides is 2. The Kier molecular flexibility index (Phi) is 5.81. The molecule has 0 N–H and O–H groups in total. The van der Waals surface area contributed by atoms with Gasteiger partial charge in [-0.3, -0.25) is 19.5 Å². The lowest BCUT2D eigenvalue weighted by molar-refractivity contribution is -0.138. The Morgan fingerprint density at radius 1 is 0.967 bits per heavy atom. The number of hydrogen-bond donors (Lipinski definition) is 0. The van der Waals surface area contributed by atoms with Crippen LogP contribution in [0.3, 0.4) is 0 Å². The van der Waals surface area contributed by atoms with Crippen molar-refractivity contribution in [3.8, 4) is 5.75 Å². The Labute approximate surface area is 176 Å². The molecule has 1 aromatic heterocycles. The van der Waals surface area contributed by atoms with Crippen LogP contribution in [0.25, 0.3) is 5.57 Å². The molecule has 2 aliphatic heterocycles. The maximum atomic E-state index is 13.4. The molecule has 0 atom stereocenters. The molecule has 7 nitrogen and oxygen atoms in total. The summed E-state index contributed by atoms with van der Waals surface area (Å²) in [7, 11) is 2.06. The van der Waals surface area contributed by atoms with Crippen molar-refractivity contribution in [3.63, 3.8) is 0 Å². The summed E-state index contributed by atoms with van der Waals surface area (Å²) in [5, 5.41) is 0. The zero-order chi connectivity index (χ0) is 21.1. The highest BCUT2D eigenvalue weighted by molar-refractivity contribution is 6.35. The fourth-order valence-corrected chi connectivity index (χ4v) is 3.83. The van der Waals surface area contributed by atoms with Gasteiger partial charge in [-0.1, -0.05) is 18.2 Å². The van der Waals surface area contributed by atoms with Gasteiger partial charge in [-0.05, 0) is 43.8 Å². The van der Waals surface area contributed by atoms with Crippen molar-refractivity contribution in [2.45, 2.75) is 13.5 Å². The minimum Gasteiger partial charge on any atom is -0.494 e. The van der Waals surface area contributed by atoms with E-state index in [-0.39, 0.29) is 18.4 Å². The molecule has 0 bridgehead atoms. The second-order valence-corrected chi connectivity index (χ2v) is 7.49. The van der Waals surface area contributed by atoms with E-state index in [0.29, 0.717) is 36.7 Å². The average Bonchev–Trinajstić information content (AvgIpc) is 3.01. The Balaban J connectivity index is 1.70. The van der Waals surface area contributed by atoms with E-state index in [9.17, 15) is 9.59 Å². The van der Waals surface area contributed by atoms with E-state index in [0.717, 1.165) is 24.4 Å². The number of carbonyl (C=O) groups is 2. The van der Waals surface area contributed by atoms with Crippen molar-refractivity contribution >= 4 is 17.4 Å². The smallest absolute Gasteiger partial charge is 0.278 e. The number of hydrogen-bond acceptors (Lipinski definition) is 6. The van der Waals surface area contributed by atoms with Crippen LogP contribution in [0.5, 0.6) is 5.75 Å². The number of benzene rings is 1. The number of pyridine rings is 1. The zero-order valence-corrected chi connectivity index (χ0v) is 17.4. The first-order valence-corrected chi connectivity index (χ1v) is 10.3. The highest BCUT2D eigenvalue weighted by atomic mass is 16.5. The largest absolute Gasteiger partial charge is 0.494 e. The summed E-state index contributed by atoms with van der Waals surface area (Å²) in [5.74, 6) is 0.216. The Hall–Kier alpha value is -3.19. The lowest BCUT2D eigenvalue weighted by Crippen LogP contribution is -2.46. The van der Waals surface area contributed by atoms with Gasteiger partial charge in [-0.2, -0.15) is 0 Å². The summed E-state index contributed by atoms with van der Waals surface area (Å²) in [6, 6.07) is 12.9. The van der Waals surface area contributed by atoms with Crippen LogP contribution < -0.4 is 4.74 Å². The van der Waals surface area contributed by atoms with Crippen LogP contribution in [-0.2, 0) is 16.1 Å². The highest BCUT2D eigenvalue weighted by Gasteiger charge is 2.42. The molecule has 0 spiro atoms. The van der Waals surface area contributed by atoms with Gasteiger partial charge in [0.1, 0.15) is 11.4 Å². The lowest BCUT2D eigenvalue weighted by Gasteiger charge is -2.34. The summed E-state index contributed by atoms with van der Waals surface area (Å²) in [4.78, 5) is 36.7. The average molecular weight is 406 g/mol. The Morgan fingerprint density at radius 3 is 2.33 bits per heavy atom. The summed E-state index contributed by atoms with van der Waals surface area (Å²) in [6.07, 6.45) is 1.67. The van der Waals surface area contributed by atoms with Crippen LogP contribution in [0.15, 0.2) is 54.4 Å². The molecule has 30 heavy (non-hydrogen) atoms. The molecule has 0 unspecified atom stereocenters. The molecule has 2 amide bonds. The third-order valence-electron chi connectivity index (χ3n) is 5.46. The van der Waals surface area contributed by atoms with Crippen molar-refractivity contribution in [2.24, 2.45) is 0 Å². The van der Waals surface area contributed by atoms with Crippen LogP contribution in [0, 0.1) is 0 Å². The standard InChI is InChI=1S/C23H26N4O3/c1-3-30-19-9-7-17(8-10-19)20-21(26-14-12-25(2)13-15-26)23(29)27(22(20)28)16-18-6-4-5-11-24-18/h4-11H,3,12-16H2,1-2H3. The van der Waals surface area contributed by atoms with Gasteiger partial charge < -0.3 is 14.5 Å². The summed E-state index contributed by atoms with van der Waals surface area (Å²) in [6.45, 7) is 5.78. The van der Waals surface area contributed by atoms with E-state index in [2.05, 4.69) is 16.9 Å². The number of rotatable bonds is 6. The topological polar surface area (TPSA) is 66.0 Å². The van der Waals surface area contributed by atoms with Crippen molar-refractivity contribution in [3.05, 3.63) is 65.6 Å². The van der Waals surface area contributed by atoms with Gasteiger partial charge in [0, 0.05) is 32.4 Å². The molecule has 1 fully saturated rings. The lowest BCUT2D eigenvalue weighted by atomic mass is 10.0. The van der Waals surface area contributed by atoms with Gasteiger partial charge in [0.05, 0.1) is 24.4 Å². The predicted octanol–water partition coefficient (Wildman–Crippen LogP) is 2.01. The third kappa shape index (κ3) is 3.93. The minimum atomic E-state index is -0.274. The van der Waals surface area contributed by atoms with Crippen molar-refractivity contribution in [1.82, 2.24) is 19.7 Å². The number of nitrogens with zero attached hydrogens (tertiary/aromatic N) is 4. The van der Waals surface area contributed by atoms with Crippen LogP contribution in [0.4, 0.5) is 0 Å². The van der Waals surface area contributed by atoms with E-state index in [1.54, 1.807) is 6.20 Å². The van der Waals surface area contributed by atoms with E-state index < -0.39 is 0 Å². The predicted molar refractivity (Wildman–Crippen MR) is 113 cm³/mol. The second-order valence-electron chi connectivity index (χ2n) is 7.49. The monoisotopic (exact) mass is 406 g/mol. The first-order chi connectivity index (χ1) is 14.6. The van der Waals surface area contributed by atoms with Crippen LogP contribution in [-0.4, -0.2) is 71.3 Å². The number of imide groups is 1. The Morgan fingerprint density at radius 2 is 1.70 bits per heavy atom. The molecule has 0 aliphatic carbocycles. The summed E-state index contributed by atoms with van der Waals surface area (Å²) >= 11 is 0. The van der Waals surface area contributed by atoms with Crippen LogP contribution >= 0.6 is 0 Å². The van der Waals surface area contributed by atoms with E-state index in [1.165, 1.54) is 4.90 Å². The molecule has 156 valence electrons. The molecule has 3 heterocycles. The molecule has 0 saturated carbocycles. The fraction of sp³-hybridized carbons (Fsp3) is 0.348. The molecular weight excluding hydrogens is 380 g/mol. The van der Waals surface area contributed by atoms with Crippen molar-refractivity contribution in [1.29, 1.82) is 0 Å². The molecule has 7 heteroatoms. The minimum absolute atomic E-state index is 0.163. The van der Waals surface area contributed by atoms with Crippen LogP contribution in [0.2, 0.25) is 0 Å². The number of likely N-dealkylation sites (N-methyl/N-ethyl adjacent to an activating group) is 1. The fourth-order valence-electron chi connectivity index (χ4n) is 3.83. The van der Waals surface area contributed by atoms with E-state index in [4.69, 9.17) is 4.74 Å². The number of carbonyl (C=O) groups excluding carboxylic acids is 2. The quantitative estimate of drug-likeness (QED) is 0.684. The van der Waals surface area contributed by atoms with Crippen LogP contribution in [0.1, 0.15) is 18.2 Å². The number of aromatic nitrogens is 1. The number of ether oxygens (including phenoxy) is 1. The first kappa shape index (κ1) is 20.1. The second kappa shape index (κ2) is 8.67. The van der Waals surface area contributed by atoms with E-state index >= 15 is 0 Å².